The van der Waals surface area contributed by atoms with Crippen molar-refractivity contribution in [1.29, 1.82) is 0 Å². The number of ether oxygens (including phenoxy) is 3. The third kappa shape index (κ3) is 5.07. The van der Waals surface area contributed by atoms with E-state index in [1.807, 2.05) is 0 Å². The van der Waals surface area contributed by atoms with Gasteiger partial charge in [0.25, 0.3) is 0 Å². The van der Waals surface area contributed by atoms with Crippen molar-refractivity contribution in [1.82, 2.24) is 4.98 Å². The van der Waals surface area contributed by atoms with Crippen LogP contribution in [0.2, 0.25) is 0 Å². The summed E-state index contributed by atoms with van der Waals surface area (Å²) in [6.07, 6.45) is 0. The largest absolute Gasteiger partial charge is 0.497 e. The van der Waals surface area contributed by atoms with Gasteiger partial charge in [-0.3, -0.25) is 0 Å². The van der Waals surface area contributed by atoms with Gasteiger partial charge in [-0.05, 0) is 98.3 Å². The second-order valence-electron chi connectivity index (χ2n) is 10.8. The first-order valence-electron chi connectivity index (χ1n) is 14.5. The van der Waals surface area contributed by atoms with E-state index in [9.17, 15) is 0 Å². The van der Waals surface area contributed by atoms with Gasteiger partial charge in [-0.1, -0.05) is 48.0 Å². The predicted molar refractivity (Wildman–Crippen MR) is 181 cm³/mol. The normalized spacial score (nSPS) is 12.2. The molecular formula is C38H37NO3P+. The number of aromatic nitrogens is 1. The fourth-order valence-corrected chi connectivity index (χ4v) is 11.3. The van der Waals surface area contributed by atoms with Gasteiger partial charge in [-0.15, -0.1) is 0 Å². The van der Waals surface area contributed by atoms with Crippen molar-refractivity contribution in [2.75, 3.05) is 21.3 Å². The summed E-state index contributed by atoms with van der Waals surface area (Å²) in [4.78, 5) is 3.73. The summed E-state index contributed by atoms with van der Waals surface area (Å²) in [5, 5.41) is 5.03. The van der Waals surface area contributed by atoms with Crippen molar-refractivity contribution in [3.05, 3.63) is 144 Å². The van der Waals surface area contributed by atoms with E-state index in [4.69, 9.17) is 14.2 Å². The van der Waals surface area contributed by atoms with Gasteiger partial charge in [-0.2, -0.15) is 0 Å². The zero-order valence-corrected chi connectivity index (χ0v) is 26.2. The fourth-order valence-electron chi connectivity index (χ4n) is 6.33. The van der Waals surface area contributed by atoms with Crippen molar-refractivity contribution in [3.8, 4) is 17.2 Å². The molecule has 0 aliphatic carbocycles. The van der Waals surface area contributed by atoms with Crippen LogP contribution in [0.4, 0.5) is 0 Å². The highest BCUT2D eigenvalue weighted by molar-refractivity contribution is 7.96. The van der Waals surface area contributed by atoms with Crippen LogP contribution in [0.3, 0.4) is 0 Å². The molecule has 0 aliphatic rings. The van der Waals surface area contributed by atoms with Crippen molar-refractivity contribution >= 4 is 34.1 Å². The van der Waals surface area contributed by atoms with Gasteiger partial charge in [-0.25, -0.2) is 0 Å². The number of benzene rings is 5. The highest BCUT2D eigenvalue weighted by Gasteiger charge is 2.55. The summed E-state index contributed by atoms with van der Waals surface area (Å²) in [6, 6.07) is 43.8. The topological polar surface area (TPSA) is 43.5 Å². The summed E-state index contributed by atoms with van der Waals surface area (Å²) in [6.45, 7) is 4.36. The Hall–Kier alpha value is -4.53. The number of methoxy groups -OCH3 is 3. The van der Waals surface area contributed by atoms with Gasteiger partial charge in [0, 0.05) is 22.2 Å². The van der Waals surface area contributed by atoms with Crippen molar-refractivity contribution in [3.63, 3.8) is 0 Å². The molecule has 4 nitrogen and oxygen atoms in total. The lowest BCUT2D eigenvalue weighted by molar-refractivity contribution is 0.415. The average Bonchev–Trinajstić information content (AvgIpc) is 3.39. The van der Waals surface area contributed by atoms with Gasteiger partial charge >= 0.3 is 0 Å². The number of aromatic amines is 1. The average molecular weight is 587 g/mol. The maximum atomic E-state index is 5.64. The highest BCUT2D eigenvalue weighted by Crippen LogP contribution is 2.70. The molecule has 0 fully saturated rings. The van der Waals surface area contributed by atoms with Crippen LogP contribution in [0.1, 0.15) is 28.0 Å². The molecule has 1 aromatic heterocycles. The predicted octanol–water partition coefficient (Wildman–Crippen LogP) is 7.89. The van der Waals surface area contributed by atoms with E-state index in [1.165, 1.54) is 43.7 Å². The zero-order valence-electron chi connectivity index (χ0n) is 25.3. The molecule has 0 aliphatic heterocycles. The van der Waals surface area contributed by atoms with Crippen molar-refractivity contribution in [2.45, 2.75) is 19.5 Å². The monoisotopic (exact) mass is 586 g/mol. The van der Waals surface area contributed by atoms with E-state index in [0.29, 0.717) is 0 Å². The maximum Gasteiger partial charge on any atom is 0.136 e. The van der Waals surface area contributed by atoms with Gasteiger partial charge in [0.1, 0.15) is 46.1 Å². The van der Waals surface area contributed by atoms with E-state index in [-0.39, 0.29) is 5.66 Å². The SMILES string of the molecule is COc1ccc([P+](c2ccc(OC)cc2)(c2ccc(OC)cc2)C(c2ccc(C)cc2)c2c(C)[nH]c3ccccc23)cc1. The first kappa shape index (κ1) is 28.6. The van der Waals surface area contributed by atoms with E-state index < -0.39 is 7.26 Å². The molecule has 1 unspecified atom stereocenters. The Bertz CT molecular complexity index is 1710. The van der Waals surface area contributed by atoms with Gasteiger partial charge in [0.15, 0.2) is 0 Å². The Kier molecular flexibility index (Phi) is 7.97. The zero-order chi connectivity index (χ0) is 30.0. The van der Waals surface area contributed by atoms with Crippen LogP contribution in [-0.2, 0) is 0 Å². The number of nitrogens with one attached hydrogen (secondary N) is 1. The lowest BCUT2D eigenvalue weighted by atomic mass is 10.0. The molecule has 43 heavy (non-hydrogen) atoms. The van der Waals surface area contributed by atoms with Crippen LogP contribution in [0, 0.1) is 13.8 Å². The molecule has 0 radical (unpaired) electrons. The number of aryl methyl sites for hydroxylation is 2. The molecule has 1 atom stereocenters. The Balaban J connectivity index is 1.80. The second kappa shape index (κ2) is 12.0. The molecule has 6 rings (SSSR count). The Morgan fingerprint density at radius 2 is 0.977 bits per heavy atom. The number of rotatable bonds is 9. The summed E-state index contributed by atoms with van der Waals surface area (Å²) in [7, 11) is 2.65. The number of fused-ring (bicyclic) bond motifs is 1. The van der Waals surface area contributed by atoms with Crippen LogP contribution in [0.15, 0.2) is 121 Å². The molecule has 0 saturated heterocycles. The Morgan fingerprint density at radius 1 is 0.535 bits per heavy atom. The Labute approximate surface area is 254 Å². The summed E-state index contributed by atoms with van der Waals surface area (Å²) in [5.41, 5.74) is 6.14. The lowest BCUT2D eigenvalue weighted by Crippen LogP contribution is -2.36. The number of hydrogen-bond acceptors (Lipinski definition) is 3. The molecule has 1 N–H and O–H groups in total. The standard InChI is InChI=1S/C38H37NO3P/c1-26-10-12-28(13-11-26)38(37-27(2)39-36-9-7-6-8-35(36)37)43(32-20-14-29(40-3)15-21-32,33-22-16-30(41-4)17-23-33)34-24-18-31(42-5)19-25-34/h6-25,38-39H,1-5H3/q+1. The molecule has 5 heteroatoms. The highest BCUT2D eigenvalue weighted by atomic mass is 31.2. The van der Waals surface area contributed by atoms with Crippen LogP contribution in [-0.4, -0.2) is 26.3 Å². The minimum atomic E-state index is -2.50. The molecular weight excluding hydrogens is 549 g/mol. The molecule has 6 aromatic rings. The maximum absolute atomic E-state index is 5.64. The minimum Gasteiger partial charge on any atom is -0.497 e. The second-order valence-corrected chi connectivity index (χ2v) is 14.4. The van der Waals surface area contributed by atoms with E-state index in [0.717, 1.165) is 22.8 Å². The van der Waals surface area contributed by atoms with Crippen LogP contribution in [0.25, 0.3) is 10.9 Å². The number of para-hydroxylation sites is 1. The summed E-state index contributed by atoms with van der Waals surface area (Å²) < 4.78 is 16.9. The van der Waals surface area contributed by atoms with Crippen LogP contribution >= 0.6 is 7.26 Å². The van der Waals surface area contributed by atoms with Gasteiger partial charge < -0.3 is 19.2 Å². The minimum absolute atomic E-state index is 0.000523. The quantitative estimate of drug-likeness (QED) is 0.175. The third-order valence-corrected chi connectivity index (χ3v) is 13.1. The first-order valence-corrected chi connectivity index (χ1v) is 16.3. The number of H-pyrrole nitrogens is 1. The molecule has 0 spiro atoms. The fraction of sp³-hybridized carbons (Fsp3) is 0.158. The van der Waals surface area contributed by atoms with E-state index in [1.54, 1.807) is 21.3 Å². The lowest BCUT2D eigenvalue weighted by Gasteiger charge is -2.36. The van der Waals surface area contributed by atoms with E-state index >= 15 is 0 Å². The van der Waals surface area contributed by atoms with Crippen LogP contribution in [0.5, 0.6) is 17.2 Å². The number of hydrogen-bond donors (Lipinski definition) is 1. The molecule has 0 amide bonds. The molecule has 5 aromatic carbocycles. The van der Waals surface area contributed by atoms with Crippen LogP contribution < -0.4 is 30.1 Å². The summed E-state index contributed by atoms with van der Waals surface area (Å²) >= 11 is 0. The third-order valence-electron chi connectivity index (χ3n) is 8.44. The van der Waals surface area contributed by atoms with Gasteiger partial charge in [0.05, 0.1) is 21.3 Å². The molecule has 0 saturated carbocycles. The molecule has 216 valence electrons. The smallest absolute Gasteiger partial charge is 0.136 e. The summed E-state index contributed by atoms with van der Waals surface area (Å²) in [5.74, 6) is 2.50. The van der Waals surface area contributed by atoms with Gasteiger partial charge in [0.2, 0.25) is 0 Å². The first-order chi connectivity index (χ1) is 21.0. The van der Waals surface area contributed by atoms with Crippen molar-refractivity contribution < 1.29 is 14.2 Å². The van der Waals surface area contributed by atoms with Crippen molar-refractivity contribution in [2.24, 2.45) is 0 Å². The van der Waals surface area contributed by atoms with E-state index in [2.05, 4.69) is 140 Å². The molecule has 0 bridgehead atoms. The molecule has 1 heterocycles. The Morgan fingerprint density at radius 3 is 1.42 bits per heavy atom.